The second-order valence-electron chi connectivity index (χ2n) is 4.73. The minimum Gasteiger partial charge on any atom is -0.298 e. The third-order valence-corrected chi connectivity index (χ3v) is 4.52. The van der Waals surface area contributed by atoms with Crippen LogP contribution in [0.5, 0.6) is 0 Å². The number of benzene rings is 2. The first-order chi connectivity index (χ1) is 10.6. The Morgan fingerprint density at radius 2 is 2.18 bits per heavy atom. The molecule has 6 heteroatoms. The van der Waals surface area contributed by atoms with Gasteiger partial charge >= 0.3 is 0 Å². The van der Waals surface area contributed by atoms with Crippen LogP contribution >= 0.6 is 22.9 Å². The second-order valence-corrected chi connectivity index (χ2v) is 6.16. The molecule has 1 N–H and O–H groups in total. The normalized spacial score (nSPS) is 10.9. The van der Waals surface area contributed by atoms with Crippen molar-refractivity contribution in [2.24, 2.45) is 0 Å². The molecule has 0 spiro atoms. The van der Waals surface area contributed by atoms with Gasteiger partial charge in [-0.3, -0.25) is 10.1 Å². The van der Waals surface area contributed by atoms with Crippen LogP contribution in [-0.4, -0.2) is 10.9 Å². The van der Waals surface area contributed by atoms with E-state index in [0.717, 1.165) is 16.6 Å². The van der Waals surface area contributed by atoms with E-state index < -0.39 is 11.7 Å². The molecule has 1 heterocycles. The fourth-order valence-corrected chi connectivity index (χ4v) is 3.29. The molecule has 0 atom stereocenters. The predicted octanol–water partition coefficient (Wildman–Crippen LogP) is 4.90. The van der Waals surface area contributed by atoms with Crippen LogP contribution in [-0.2, 0) is 6.42 Å². The van der Waals surface area contributed by atoms with Crippen LogP contribution in [0.4, 0.5) is 9.52 Å². The minimum absolute atomic E-state index is 0.0758. The summed E-state index contributed by atoms with van der Waals surface area (Å²) in [6, 6.07) is 10.1. The minimum atomic E-state index is -0.653. The van der Waals surface area contributed by atoms with Crippen LogP contribution < -0.4 is 5.32 Å². The summed E-state index contributed by atoms with van der Waals surface area (Å²) < 4.78 is 14.7. The highest BCUT2D eigenvalue weighted by molar-refractivity contribution is 7.22. The standard InChI is InChI=1S/C16H12ClFN2OS/c1-2-9-6-7-12-13(8-9)22-16(19-12)20-15(21)14-10(17)4-3-5-11(14)18/h3-8H,2H2,1H3,(H,19,20,21). The van der Waals surface area contributed by atoms with E-state index in [9.17, 15) is 9.18 Å². The Balaban J connectivity index is 1.91. The van der Waals surface area contributed by atoms with Gasteiger partial charge in [0.15, 0.2) is 5.13 Å². The molecule has 0 unspecified atom stereocenters. The average Bonchev–Trinajstić information content (AvgIpc) is 2.87. The number of aryl methyl sites for hydroxylation is 1. The van der Waals surface area contributed by atoms with Gasteiger partial charge in [0.25, 0.3) is 5.91 Å². The van der Waals surface area contributed by atoms with Gasteiger partial charge in [0.1, 0.15) is 5.82 Å². The maximum absolute atomic E-state index is 13.7. The zero-order valence-electron chi connectivity index (χ0n) is 11.7. The number of nitrogens with one attached hydrogen (secondary N) is 1. The summed E-state index contributed by atoms with van der Waals surface area (Å²) >= 11 is 7.24. The van der Waals surface area contributed by atoms with E-state index in [2.05, 4.69) is 17.2 Å². The second kappa shape index (κ2) is 6.02. The molecule has 0 bridgehead atoms. The summed E-state index contributed by atoms with van der Waals surface area (Å²) in [6.07, 6.45) is 0.931. The van der Waals surface area contributed by atoms with E-state index in [-0.39, 0.29) is 10.6 Å². The molecular formula is C16H12ClFN2OS. The predicted molar refractivity (Wildman–Crippen MR) is 88.4 cm³/mol. The largest absolute Gasteiger partial charge is 0.298 e. The van der Waals surface area contributed by atoms with Crippen molar-refractivity contribution in [1.82, 2.24) is 4.98 Å². The van der Waals surface area contributed by atoms with E-state index >= 15 is 0 Å². The Morgan fingerprint density at radius 3 is 2.91 bits per heavy atom. The molecule has 0 saturated heterocycles. The van der Waals surface area contributed by atoms with Gasteiger partial charge in [-0.05, 0) is 36.2 Å². The van der Waals surface area contributed by atoms with E-state index in [1.807, 2.05) is 18.2 Å². The molecule has 1 aromatic heterocycles. The van der Waals surface area contributed by atoms with Crippen molar-refractivity contribution < 1.29 is 9.18 Å². The quantitative estimate of drug-likeness (QED) is 0.740. The van der Waals surface area contributed by atoms with Crippen molar-refractivity contribution in [3.05, 3.63) is 58.4 Å². The monoisotopic (exact) mass is 334 g/mol. The summed E-state index contributed by atoms with van der Waals surface area (Å²) in [4.78, 5) is 16.5. The van der Waals surface area contributed by atoms with E-state index in [4.69, 9.17) is 11.6 Å². The maximum atomic E-state index is 13.7. The van der Waals surface area contributed by atoms with Gasteiger partial charge in [0, 0.05) is 0 Å². The van der Waals surface area contributed by atoms with Crippen LogP contribution in [0.3, 0.4) is 0 Å². The van der Waals surface area contributed by atoms with Crippen molar-refractivity contribution in [1.29, 1.82) is 0 Å². The van der Waals surface area contributed by atoms with Gasteiger partial charge in [-0.2, -0.15) is 0 Å². The van der Waals surface area contributed by atoms with Crippen LogP contribution in [0.1, 0.15) is 22.8 Å². The van der Waals surface area contributed by atoms with E-state index in [0.29, 0.717) is 5.13 Å². The number of anilines is 1. The number of nitrogens with zero attached hydrogens (tertiary/aromatic N) is 1. The summed E-state index contributed by atoms with van der Waals surface area (Å²) in [5.74, 6) is -1.25. The lowest BCUT2D eigenvalue weighted by Gasteiger charge is -2.04. The van der Waals surface area contributed by atoms with E-state index in [1.165, 1.54) is 35.1 Å². The summed E-state index contributed by atoms with van der Waals surface area (Å²) in [5, 5.41) is 3.11. The molecule has 0 aliphatic rings. The van der Waals surface area contributed by atoms with Crippen molar-refractivity contribution in [3.8, 4) is 0 Å². The third-order valence-electron chi connectivity index (χ3n) is 3.27. The molecule has 2 aromatic carbocycles. The van der Waals surface area contributed by atoms with Gasteiger partial charge in [0.2, 0.25) is 0 Å². The number of hydrogen-bond donors (Lipinski definition) is 1. The molecule has 0 fully saturated rings. The highest BCUT2D eigenvalue weighted by Crippen LogP contribution is 2.28. The molecule has 3 rings (SSSR count). The van der Waals surface area contributed by atoms with Gasteiger partial charge in [-0.15, -0.1) is 0 Å². The lowest BCUT2D eigenvalue weighted by molar-refractivity contribution is 0.102. The Labute approximate surface area is 135 Å². The van der Waals surface area contributed by atoms with Gasteiger partial charge < -0.3 is 0 Å². The van der Waals surface area contributed by atoms with Crippen molar-refractivity contribution in [2.45, 2.75) is 13.3 Å². The smallest absolute Gasteiger partial charge is 0.261 e. The molecule has 22 heavy (non-hydrogen) atoms. The maximum Gasteiger partial charge on any atom is 0.261 e. The molecule has 0 aliphatic heterocycles. The number of rotatable bonds is 3. The highest BCUT2D eigenvalue weighted by atomic mass is 35.5. The van der Waals surface area contributed by atoms with E-state index in [1.54, 1.807) is 0 Å². The zero-order chi connectivity index (χ0) is 15.7. The first kappa shape index (κ1) is 14.9. The number of fused-ring (bicyclic) bond motifs is 1. The summed E-state index contributed by atoms with van der Waals surface area (Å²) in [6.45, 7) is 2.07. The Hall–Kier alpha value is -1.98. The highest BCUT2D eigenvalue weighted by Gasteiger charge is 2.17. The number of halogens is 2. The van der Waals surface area contributed by atoms with Crippen LogP contribution in [0.15, 0.2) is 36.4 Å². The number of amides is 1. The summed E-state index contributed by atoms with van der Waals surface area (Å²) in [7, 11) is 0. The third kappa shape index (κ3) is 2.82. The average molecular weight is 335 g/mol. The number of thiazole rings is 1. The number of hydrogen-bond acceptors (Lipinski definition) is 3. The number of aromatic nitrogens is 1. The van der Waals surface area contributed by atoms with Crippen LogP contribution in [0, 0.1) is 5.82 Å². The topological polar surface area (TPSA) is 42.0 Å². The molecule has 3 nitrogen and oxygen atoms in total. The first-order valence-electron chi connectivity index (χ1n) is 6.73. The molecule has 0 saturated carbocycles. The Bertz CT molecular complexity index is 842. The molecular weight excluding hydrogens is 323 g/mol. The van der Waals surface area contributed by atoms with Crippen LogP contribution in [0.25, 0.3) is 10.2 Å². The fraction of sp³-hybridized carbons (Fsp3) is 0.125. The first-order valence-corrected chi connectivity index (χ1v) is 7.92. The lowest BCUT2D eigenvalue weighted by Crippen LogP contribution is -2.14. The van der Waals surface area contributed by atoms with Crippen molar-refractivity contribution in [3.63, 3.8) is 0 Å². The van der Waals surface area contributed by atoms with Crippen molar-refractivity contribution in [2.75, 3.05) is 5.32 Å². The lowest BCUT2D eigenvalue weighted by atomic mass is 10.2. The van der Waals surface area contributed by atoms with Crippen LogP contribution in [0.2, 0.25) is 5.02 Å². The molecule has 112 valence electrons. The number of carbonyl (C=O) groups excluding carboxylic acids is 1. The van der Waals surface area contributed by atoms with Crippen molar-refractivity contribution >= 4 is 44.2 Å². The summed E-state index contributed by atoms with van der Waals surface area (Å²) in [5.41, 5.74) is 1.83. The van der Waals surface area contributed by atoms with Gasteiger partial charge in [-0.1, -0.05) is 42.0 Å². The molecule has 1 amide bonds. The fourth-order valence-electron chi connectivity index (χ4n) is 2.12. The van der Waals surface area contributed by atoms with Gasteiger partial charge in [-0.25, -0.2) is 9.37 Å². The number of carbonyl (C=O) groups is 1. The zero-order valence-corrected chi connectivity index (χ0v) is 13.3. The van der Waals surface area contributed by atoms with Gasteiger partial charge in [0.05, 0.1) is 20.8 Å². The Morgan fingerprint density at radius 1 is 1.36 bits per heavy atom. The Kier molecular flexibility index (Phi) is 4.09. The SMILES string of the molecule is CCc1ccc2nc(NC(=O)c3c(F)cccc3Cl)sc2c1. The molecule has 0 aliphatic carbocycles. The molecule has 0 radical (unpaired) electrons. The molecule has 3 aromatic rings.